The third-order valence-corrected chi connectivity index (χ3v) is 1.13. The van der Waals surface area contributed by atoms with Gasteiger partial charge in [-0.05, 0) is 0 Å². The highest BCUT2D eigenvalue weighted by atomic mass is 16.5. The Hall–Kier alpha value is -1.85. The van der Waals surface area contributed by atoms with Crippen LogP contribution in [0.15, 0.2) is 11.6 Å². The predicted molar refractivity (Wildman–Crippen MR) is 40.0 cm³/mol. The molecule has 0 amide bonds. The van der Waals surface area contributed by atoms with Gasteiger partial charge in [-0.3, -0.25) is 4.79 Å². The molecule has 0 rings (SSSR count). The molecule has 6 nitrogen and oxygen atoms in total. The molecule has 0 heterocycles. The van der Waals surface area contributed by atoms with Gasteiger partial charge in [0.25, 0.3) is 0 Å². The van der Waals surface area contributed by atoms with Crippen molar-refractivity contribution >= 4 is 17.9 Å². The number of esters is 1. The molecule has 72 valence electrons. The van der Waals surface area contributed by atoms with Crippen LogP contribution in [0.2, 0.25) is 0 Å². The lowest BCUT2D eigenvalue weighted by atomic mass is 10.2. The zero-order chi connectivity index (χ0) is 10.4. The van der Waals surface area contributed by atoms with Crippen molar-refractivity contribution in [2.24, 2.45) is 0 Å². The molecular weight excluding hydrogens is 180 g/mol. The lowest BCUT2D eigenvalue weighted by molar-refractivity contribution is -0.142. The molecule has 0 unspecified atom stereocenters. The van der Waals surface area contributed by atoms with E-state index < -0.39 is 29.9 Å². The van der Waals surface area contributed by atoms with E-state index in [1.165, 1.54) is 0 Å². The first-order valence-corrected chi connectivity index (χ1v) is 3.21. The number of ether oxygens (including phenoxy) is 1. The number of aliphatic carboxylic acids is 2. The molecule has 6 heteroatoms. The highest BCUT2D eigenvalue weighted by molar-refractivity contribution is 5.98. The summed E-state index contributed by atoms with van der Waals surface area (Å²) in [5.74, 6) is -3.66. The summed E-state index contributed by atoms with van der Waals surface area (Å²) >= 11 is 0. The lowest BCUT2D eigenvalue weighted by Crippen LogP contribution is -2.10. The van der Waals surface area contributed by atoms with Gasteiger partial charge in [0.2, 0.25) is 0 Å². The SMILES string of the molecule is COC(=O)C/C(=C\C(=O)O)C(=O)O. The first-order valence-electron chi connectivity index (χ1n) is 3.21. The third-order valence-electron chi connectivity index (χ3n) is 1.13. The van der Waals surface area contributed by atoms with Crippen LogP contribution in [-0.4, -0.2) is 35.2 Å². The summed E-state index contributed by atoms with van der Waals surface area (Å²) in [6.07, 6.45) is -0.0998. The van der Waals surface area contributed by atoms with Crippen LogP contribution < -0.4 is 0 Å². The summed E-state index contributed by atoms with van der Waals surface area (Å²) in [7, 11) is 1.09. The Kier molecular flexibility index (Phi) is 4.21. The Morgan fingerprint density at radius 3 is 2.15 bits per heavy atom. The fraction of sp³-hybridized carbons (Fsp3) is 0.286. The van der Waals surface area contributed by atoms with E-state index in [2.05, 4.69) is 4.74 Å². The van der Waals surface area contributed by atoms with Crippen molar-refractivity contribution in [3.63, 3.8) is 0 Å². The molecule has 0 aromatic heterocycles. The van der Waals surface area contributed by atoms with Crippen LogP contribution in [0.1, 0.15) is 6.42 Å². The first kappa shape index (κ1) is 11.2. The van der Waals surface area contributed by atoms with E-state index in [4.69, 9.17) is 10.2 Å². The van der Waals surface area contributed by atoms with Crippen LogP contribution in [0, 0.1) is 0 Å². The molecule has 0 aromatic rings. The smallest absolute Gasteiger partial charge is 0.332 e. The van der Waals surface area contributed by atoms with Crippen LogP contribution >= 0.6 is 0 Å². The molecule has 0 saturated carbocycles. The van der Waals surface area contributed by atoms with Crippen molar-refractivity contribution in [2.75, 3.05) is 7.11 Å². The lowest BCUT2D eigenvalue weighted by Gasteiger charge is -1.98. The van der Waals surface area contributed by atoms with Gasteiger partial charge in [-0.2, -0.15) is 0 Å². The molecule has 0 atom stereocenters. The minimum atomic E-state index is -1.45. The Morgan fingerprint density at radius 1 is 1.31 bits per heavy atom. The molecule has 13 heavy (non-hydrogen) atoms. The van der Waals surface area contributed by atoms with Gasteiger partial charge in [0, 0.05) is 6.08 Å². The molecule has 0 aliphatic carbocycles. The maximum atomic E-state index is 10.6. The largest absolute Gasteiger partial charge is 0.478 e. The number of carbonyl (C=O) groups is 3. The van der Waals surface area contributed by atoms with Gasteiger partial charge in [0.1, 0.15) is 0 Å². The van der Waals surface area contributed by atoms with Crippen LogP contribution in [0.4, 0.5) is 0 Å². The zero-order valence-corrected chi connectivity index (χ0v) is 6.81. The topological polar surface area (TPSA) is 101 Å². The number of hydrogen-bond acceptors (Lipinski definition) is 4. The molecule has 0 spiro atoms. The minimum Gasteiger partial charge on any atom is -0.478 e. The van der Waals surface area contributed by atoms with Gasteiger partial charge in [-0.15, -0.1) is 0 Å². The fourth-order valence-electron chi connectivity index (χ4n) is 0.565. The Labute approximate surface area is 73.4 Å². The second-order valence-electron chi connectivity index (χ2n) is 2.07. The molecule has 2 N–H and O–H groups in total. The van der Waals surface area contributed by atoms with Crippen LogP contribution in [0.25, 0.3) is 0 Å². The first-order chi connectivity index (χ1) is 5.97. The van der Waals surface area contributed by atoms with Gasteiger partial charge in [-0.1, -0.05) is 0 Å². The van der Waals surface area contributed by atoms with Gasteiger partial charge in [0.05, 0.1) is 19.1 Å². The standard InChI is InChI=1S/C7H8O6/c1-13-6(10)3-4(7(11)12)2-5(8)9/h2H,3H2,1H3,(H,8,9)(H,11,12)/b4-2+. The van der Waals surface area contributed by atoms with Crippen molar-refractivity contribution in [3.05, 3.63) is 11.6 Å². The van der Waals surface area contributed by atoms with Crippen molar-refractivity contribution in [2.45, 2.75) is 6.42 Å². The van der Waals surface area contributed by atoms with Crippen LogP contribution in [0.3, 0.4) is 0 Å². The summed E-state index contributed by atoms with van der Waals surface area (Å²) in [6, 6.07) is 0. The van der Waals surface area contributed by atoms with Crippen molar-refractivity contribution < 1.29 is 29.3 Å². The van der Waals surface area contributed by atoms with Crippen molar-refractivity contribution in [1.29, 1.82) is 0 Å². The van der Waals surface area contributed by atoms with Gasteiger partial charge in [0.15, 0.2) is 0 Å². The summed E-state index contributed by atoms with van der Waals surface area (Å²) < 4.78 is 4.18. The van der Waals surface area contributed by atoms with Crippen LogP contribution in [-0.2, 0) is 19.1 Å². The fourth-order valence-corrected chi connectivity index (χ4v) is 0.565. The third kappa shape index (κ3) is 4.57. The predicted octanol–water partition coefficient (Wildman–Crippen LogP) is -0.355. The molecular formula is C7H8O6. The van der Waals surface area contributed by atoms with Crippen LogP contribution in [0.5, 0.6) is 0 Å². The highest BCUT2D eigenvalue weighted by Gasteiger charge is 2.14. The number of carbonyl (C=O) groups excluding carboxylic acids is 1. The molecule has 0 bridgehead atoms. The number of carboxylic acid groups (broad SMARTS) is 2. The Morgan fingerprint density at radius 2 is 1.85 bits per heavy atom. The van der Waals surface area contributed by atoms with E-state index in [1.54, 1.807) is 0 Å². The molecule has 0 radical (unpaired) electrons. The molecule has 0 aromatic carbocycles. The van der Waals surface area contributed by atoms with Gasteiger partial charge < -0.3 is 14.9 Å². The summed E-state index contributed by atoms with van der Waals surface area (Å²) in [5.41, 5.74) is -0.514. The van der Waals surface area contributed by atoms with E-state index in [0.717, 1.165) is 7.11 Å². The Balaban J connectivity index is 4.54. The van der Waals surface area contributed by atoms with E-state index >= 15 is 0 Å². The second kappa shape index (κ2) is 4.91. The summed E-state index contributed by atoms with van der Waals surface area (Å²) in [5, 5.41) is 16.7. The number of carboxylic acids is 2. The van der Waals surface area contributed by atoms with E-state index in [-0.39, 0.29) is 0 Å². The van der Waals surface area contributed by atoms with E-state index in [0.29, 0.717) is 6.08 Å². The summed E-state index contributed by atoms with van der Waals surface area (Å²) in [6.45, 7) is 0. The quantitative estimate of drug-likeness (QED) is 0.461. The maximum Gasteiger partial charge on any atom is 0.332 e. The molecule has 0 aliphatic rings. The minimum absolute atomic E-state index is 0.458. The van der Waals surface area contributed by atoms with Crippen molar-refractivity contribution in [3.8, 4) is 0 Å². The van der Waals surface area contributed by atoms with Gasteiger partial charge >= 0.3 is 17.9 Å². The number of hydrogen-bond donors (Lipinski definition) is 2. The average Bonchev–Trinajstić information content (AvgIpc) is 2.02. The maximum absolute atomic E-state index is 10.6. The molecule has 0 aliphatic heterocycles. The second-order valence-corrected chi connectivity index (χ2v) is 2.07. The monoisotopic (exact) mass is 188 g/mol. The number of rotatable bonds is 4. The van der Waals surface area contributed by atoms with E-state index in [9.17, 15) is 14.4 Å². The zero-order valence-electron chi connectivity index (χ0n) is 6.81. The van der Waals surface area contributed by atoms with E-state index in [1.807, 2.05) is 0 Å². The molecule has 0 fully saturated rings. The Bertz CT molecular complexity index is 264. The average molecular weight is 188 g/mol. The normalized spacial score (nSPS) is 10.7. The summed E-state index contributed by atoms with van der Waals surface area (Å²) in [4.78, 5) is 31.0. The molecule has 0 saturated heterocycles. The highest BCUT2D eigenvalue weighted by Crippen LogP contribution is 2.02. The van der Waals surface area contributed by atoms with Gasteiger partial charge in [-0.25, -0.2) is 9.59 Å². The van der Waals surface area contributed by atoms with Crippen molar-refractivity contribution in [1.82, 2.24) is 0 Å². The number of methoxy groups -OCH3 is 1.